The molecule has 0 aromatic carbocycles. The first kappa shape index (κ1) is 15.1. The van der Waals surface area contributed by atoms with Crippen molar-refractivity contribution in [1.29, 1.82) is 0 Å². The van der Waals surface area contributed by atoms with E-state index in [1.165, 1.54) is 0 Å². The molecule has 0 amide bonds. The van der Waals surface area contributed by atoms with Gasteiger partial charge >= 0.3 is 0 Å². The van der Waals surface area contributed by atoms with Crippen LogP contribution < -0.4 is 5.32 Å². The van der Waals surface area contributed by atoms with Crippen LogP contribution in [0.4, 0.5) is 5.82 Å². The molecule has 1 heterocycles. The van der Waals surface area contributed by atoms with Gasteiger partial charge < -0.3 is 14.8 Å². The zero-order chi connectivity index (χ0) is 13.4. The van der Waals surface area contributed by atoms with Crippen molar-refractivity contribution in [3.05, 3.63) is 17.0 Å². The third-order valence-electron chi connectivity index (χ3n) is 2.26. The second kappa shape index (κ2) is 8.24. The Labute approximate surface area is 113 Å². The lowest BCUT2D eigenvalue weighted by atomic mass is 10.2. The van der Waals surface area contributed by atoms with E-state index in [0.717, 1.165) is 6.54 Å². The van der Waals surface area contributed by atoms with Gasteiger partial charge in [0.15, 0.2) is 5.82 Å². The summed E-state index contributed by atoms with van der Waals surface area (Å²) in [6.45, 7) is 6.51. The summed E-state index contributed by atoms with van der Waals surface area (Å²) in [5, 5.41) is 3.63. The van der Waals surface area contributed by atoms with E-state index in [9.17, 15) is 0 Å². The van der Waals surface area contributed by atoms with E-state index in [-0.39, 0.29) is 0 Å². The van der Waals surface area contributed by atoms with Gasteiger partial charge in [0, 0.05) is 26.3 Å². The molecule has 1 rings (SSSR count). The Morgan fingerprint density at radius 1 is 1.44 bits per heavy atom. The molecule has 1 unspecified atom stereocenters. The first-order chi connectivity index (χ1) is 8.65. The van der Waals surface area contributed by atoms with Crippen LogP contribution in [0.1, 0.15) is 19.7 Å². The first-order valence-electron chi connectivity index (χ1n) is 5.99. The second-order valence-corrected chi connectivity index (χ2v) is 4.46. The normalized spacial score (nSPS) is 12.4. The summed E-state index contributed by atoms with van der Waals surface area (Å²) in [5.74, 6) is 1.71. The van der Waals surface area contributed by atoms with E-state index in [0.29, 0.717) is 42.5 Å². The maximum absolute atomic E-state index is 5.93. The molecular formula is C12H20ClN3O2. The van der Waals surface area contributed by atoms with E-state index in [4.69, 9.17) is 21.1 Å². The molecule has 5 nitrogen and oxygen atoms in total. The SMILES string of the molecule is CCOCc1nc(Cl)cc(NCC(C)COC)n1. The zero-order valence-corrected chi connectivity index (χ0v) is 11.8. The van der Waals surface area contributed by atoms with Crippen molar-refractivity contribution in [1.82, 2.24) is 9.97 Å². The van der Waals surface area contributed by atoms with E-state index in [2.05, 4.69) is 22.2 Å². The van der Waals surface area contributed by atoms with Crippen molar-refractivity contribution in [3.8, 4) is 0 Å². The lowest BCUT2D eigenvalue weighted by Gasteiger charge is -2.12. The van der Waals surface area contributed by atoms with E-state index in [1.54, 1.807) is 13.2 Å². The van der Waals surface area contributed by atoms with Crippen molar-refractivity contribution < 1.29 is 9.47 Å². The molecule has 1 N–H and O–H groups in total. The highest BCUT2D eigenvalue weighted by molar-refractivity contribution is 6.29. The van der Waals surface area contributed by atoms with E-state index >= 15 is 0 Å². The fourth-order valence-electron chi connectivity index (χ4n) is 1.44. The van der Waals surface area contributed by atoms with Gasteiger partial charge in [0.05, 0.1) is 6.61 Å². The Morgan fingerprint density at radius 2 is 2.22 bits per heavy atom. The minimum absolute atomic E-state index is 0.374. The van der Waals surface area contributed by atoms with Crippen LogP contribution in [0.2, 0.25) is 5.15 Å². The molecule has 0 aliphatic carbocycles. The zero-order valence-electron chi connectivity index (χ0n) is 11.1. The lowest BCUT2D eigenvalue weighted by Crippen LogP contribution is -2.17. The third-order valence-corrected chi connectivity index (χ3v) is 2.45. The van der Waals surface area contributed by atoms with Crippen LogP contribution in [-0.2, 0) is 16.1 Å². The van der Waals surface area contributed by atoms with Crippen LogP contribution in [0.3, 0.4) is 0 Å². The highest BCUT2D eigenvalue weighted by Gasteiger charge is 2.05. The number of nitrogens with one attached hydrogen (secondary N) is 1. The standard InChI is InChI=1S/C12H20ClN3O2/c1-4-18-8-12-15-10(13)5-11(16-12)14-6-9(2)7-17-3/h5,9H,4,6-8H2,1-3H3,(H,14,15,16). The lowest BCUT2D eigenvalue weighted by molar-refractivity contribution is 0.128. The Bertz CT molecular complexity index is 363. The summed E-state index contributed by atoms with van der Waals surface area (Å²) >= 11 is 5.93. The summed E-state index contributed by atoms with van der Waals surface area (Å²) in [6, 6.07) is 1.70. The van der Waals surface area contributed by atoms with Gasteiger partial charge in [0.1, 0.15) is 17.6 Å². The average molecular weight is 274 g/mol. The fourth-order valence-corrected chi connectivity index (χ4v) is 1.64. The smallest absolute Gasteiger partial charge is 0.158 e. The minimum atomic E-state index is 0.374. The van der Waals surface area contributed by atoms with Gasteiger partial charge in [-0.05, 0) is 12.8 Å². The molecule has 0 saturated heterocycles. The maximum Gasteiger partial charge on any atom is 0.158 e. The molecular weight excluding hydrogens is 254 g/mol. The number of nitrogens with zero attached hydrogens (tertiary/aromatic N) is 2. The van der Waals surface area contributed by atoms with Crippen LogP contribution in [-0.4, -0.2) is 36.8 Å². The molecule has 0 radical (unpaired) electrons. The number of halogens is 1. The van der Waals surface area contributed by atoms with Crippen molar-refractivity contribution in [2.75, 3.05) is 32.2 Å². The van der Waals surface area contributed by atoms with Gasteiger partial charge in [0.2, 0.25) is 0 Å². The maximum atomic E-state index is 5.93. The number of anilines is 1. The number of ether oxygens (including phenoxy) is 2. The van der Waals surface area contributed by atoms with Crippen LogP contribution in [0, 0.1) is 5.92 Å². The summed E-state index contributed by atoms with van der Waals surface area (Å²) in [5.41, 5.74) is 0. The van der Waals surface area contributed by atoms with Crippen molar-refractivity contribution in [2.45, 2.75) is 20.5 Å². The number of aromatic nitrogens is 2. The summed E-state index contributed by atoms with van der Waals surface area (Å²) in [6.07, 6.45) is 0. The number of hydrogen-bond donors (Lipinski definition) is 1. The highest BCUT2D eigenvalue weighted by atomic mass is 35.5. The van der Waals surface area contributed by atoms with E-state index in [1.807, 2.05) is 6.92 Å². The summed E-state index contributed by atoms with van der Waals surface area (Å²) < 4.78 is 10.3. The minimum Gasteiger partial charge on any atom is -0.384 e. The van der Waals surface area contributed by atoms with Crippen LogP contribution in [0.5, 0.6) is 0 Å². The summed E-state index contributed by atoms with van der Waals surface area (Å²) in [7, 11) is 1.69. The average Bonchev–Trinajstić information content (AvgIpc) is 2.34. The fraction of sp³-hybridized carbons (Fsp3) is 0.667. The van der Waals surface area contributed by atoms with Crippen molar-refractivity contribution in [2.24, 2.45) is 5.92 Å². The molecule has 1 aromatic heterocycles. The molecule has 1 atom stereocenters. The van der Waals surface area contributed by atoms with Gasteiger partial charge in [0.25, 0.3) is 0 Å². The topological polar surface area (TPSA) is 56.3 Å². The first-order valence-corrected chi connectivity index (χ1v) is 6.37. The molecule has 18 heavy (non-hydrogen) atoms. The molecule has 1 aromatic rings. The Morgan fingerprint density at radius 3 is 2.89 bits per heavy atom. The molecule has 0 bridgehead atoms. The number of methoxy groups -OCH3 is 1. The van der Waals surface area contributed by atoms with Gasteiger partial charge in [-0.15, -0.1) is 0 Å². The molecule has 0 aliphatic heterocycles. The Hall–Kier alpha value is -0.910. The predicted octanol–water partition coefficient (Wildman–Crippen LogP) is 2.36. The molecule has 0 spiro atoms. The van der Waals surface area contributed by atoms with E-state index < -0.39 is 0 Å². The third kappa shape index (κ3) is 5.62. The Kier molecular flexibility index (Phi) is 6.93. The van der Waals surface area contributed by atoms with Gasteiger partial charge in [-0.25, -0.2) is 9.97 Å². The molecule has 102 valence electrons. The van der Waals surface area contributed by atoms with Gasteiger partial charge in [-0.1, -0.05) is 18.5 Å². The molecule has 6 heteroatoms. The largest absolute Gasteiger partial charge is 0.384 e. The van der Waals surface area contributed by atoms with Gasteiger partial charge in [-0.2, -0.15) is 0 Å². The molecule has 0 saturated carbocycles. The molecule has 0 fully saturated rings. The van der Waals surface area contributed by atoms with Crippen LogP contribution in [0.15, 0.2) is 6.07 Å². The van der Waals surface area contributed by atoms with Crippen molar-refractivity contribution in [3.63, 3.8) is 0 Å². The number of rotatable bonds is 8. The van der Waals surface area contributed by atoms with Gasteiger partial charge in [-0.3, -0.25) is 0 Å². The molecule has 0 aliphatic rings. The Balaban J connectivity index is 2.56. The van der Waals surface area contributed by atoms with Crippen LogP contribution in [0.25, 0.3) is 0 Å². The second-order valence-electron chi connectivity index (χ2n) is 4.07. The quantitative estimate of drug-likeness (QED) is 0.737. The monoisotopic (exact) mass is 273 g/mol. The van der Waals surface area contributed by atoms with Crippen LogP contribution >= 0.6 is 11.6 Å². The predicted molar refractivity (Wildman–Crippen MR) is 71.9 cm³/mol. The summed E-state index contributed by atoms with van der Waals surface area (Å²) in [4.78, 5) is 8.43. The highest BCUT2D eigenvalue weighted by Crippen LogP contribution is 2.12. The number of hydrogen-bond acceptors (Lipinski definition) is 5. The van der Waals surface area contributed by atoms with Crippen molar-refractivity contribution >= 4 is 17.4 Å².